The summed E-state index contributed by atoms with van der Waals surface area (Å²) in [4.78, 5) is 27.9. The average molecular weight is 303 g/mol. The molecule has 1 aromatic carbocycles. The van der Waals surface area contributed by atoms with Crippen molar-refractivity contribution in [2.45, 2.75) is 19.4 Å². The quantitative estimate of drug-likeness (QED) is 0.718. The van der Waals surface area contributed by atoms with Crippen molar-refractivity contribution >= 4 is 5.91 Å². The van der Waals surface area contributed by atoms with Crippen molar-refractivity contribution in [3.63, 3.8) is 0 Å². The first-order valence-electron chi connectivity index (χ1n) is 7.12. The highest BCUT2D eigenvalue weighted by molar-refractivity contribution is 5.83. The van der Waals surface area contributed by atoms with Gasteiger partial charge in [-0.1, -0.05) is 24.3 Å². The van der Waals surface area contributed by atoms with E-state index in [4.69, 9.17) is 0 Å². The molecule has 0 aliphatic heterocycles. The molecule has 2 rings (SSSR count). The predicted octanol–water partition coefficient (Wildman–Crippen LogP) is 0.368. The Balaban J connectivity index is 2.01. The smallest absolute Gasteiger partial charge is 0.340 e. The topological polar surface area (TPSA) is 93.9 Å². The Morgan fingerprint density at radius 2 is 2.09 bits per heavy atom. The molecular formula is C15H21N5O2. The number of hydrogen-bond acceptors (Lipinski definition) is 4. The lowest BCUT2D eigenvalue weighted by Gasteiger charge is -2.25. The van der Waals surface area contributed by atoms with Gasteiger partial charge in [0, 0.05) is 13.0 Å². The van der Waals surface area contributed by atoms with Crippen LogP contribution in [0, 0.1) is 6.92 Å². The second-order valence-corrected chi connectivity index (χ2v) is 5.39. The number of amides is 1. The maximum atomic E-state index is 12.5. The van der Waals surface area contributed by atoms with Crippen LogP contribution in [0.25, 0.3) is 0 Å². The largest absolute Gasteiger partial charge is 0.354 e. The van der Waals surface area contributed by atoms with Crippen LogP contribution in [0.15, 0.2) is 29.1 Å². The zero-order valence-corrected chi connectivity index (χ0v) is 13.0. The second kappa shape index (κ2) is 7.04. The Bertz CT molecular complexity index is 689. The van der Waals surface area contributed by atoms with Crippen molar-refractivity contribution < 1.29 is 4.79 Å². The van der Waals surface area contributed by atoms with Gasteiger partial charge in [-0.2, -0.15) is 5.10 Å². The number of likely N-dealkylation sites (N-methyl/N-ethyl adjacent to an activating group) is 1. The van der Waals surface area contributed by atoms with E-state index in [9.17, 15) is 9.59 Å². The maximum absolute atomic E-state index is 12.5. The molecule has 1 heterocycles. The molecule has 118 valence electrons. The molecule has 2 aromatic rings. The maximum Gasteiger partial charge on any atom is 0.340 e. The molecule has 0 bridgehead atoms. The van der Waals surface area contributed by atoms with E-state index in [1.54, 1.807) is 0 Å². The van der Waals surface area contributed by atoms with Gasteiger partial charge in [-0.05, 0) is 32.1 Å². The molecule has 0 spiro atoms. The molecule has 0 aliphatic carbocycles. The zero-order valence-electron chi connectivity index (χ0n) is 13.0. The monoisotopic (exact) mass is 303 g/mol. The summed E-state index contributed by atoms with van der Waals surface area (Å²) < 4.78 is 0. The van der Waals surface area contributed by atoms with E-state index in [0.29, 0.717) is 18.8 Å². The van der Waals surface area contributed by atoms with E-state index < -0.39 is 0 Å². The molecule has 1 atom stereocenters. The molecule has 0 saturated heterocycles. The number of nitrogens with one attached hydrogen (secondary N) is 3. The number of aromatic nitrogens is 3. The summed E-state index contributed by atoms with van der Waals surface area (Å²) in [5.41, 5.74) is 1.72. The minimum atomic E-state index is -0.348. The lowest BCUT2D eigenvalue weighted by molar-refractivity contribution is -0.125. The van der Waals surface area contributed by atoms with Gasteiger partial charge >= 0.3 is 5.69 Å². The number of H-pyrrole nitrogens is 2. The molecule has 0 radical (unpaired) electrons. The summed E-state index contributed by atoms with van der Waals surface area (Å²) in [5, 5.41) is 9.00. The highest BCUT2D eigenvalue weighted by Crippen LogP contribution is 2.21. The number of carbonyl (C=O) groups is 1. The summed E-state index contributed by atoms with van der Waals surface area (Å²) in [6.07, 6.45) is 0.471. The molecule has 0 fully saturated rings. The van der Waals surface area contributed by atoms with E-state index in [-0.39, 0.29) is 17.6 Å². The normalized spacial score (nSPS) is 12.4. The fourth-order valence-corrected chi connectivity index (χ4v) is 2.37. The van der Waals surface area contributed by atoms with Crippen LogP contribution in [-0.4, -0.2) is 46.6 Å². The summed E-state index contributed by atoms with van der Waals surface area (Å²) in [5.74, 6) is 0.458. The van der Waals surface area contributed by atoms with Crippen LogP contribution in [0.4, 0.5) is 0 Å². The standard InChI is InChI=1S/C15H21N5O2/c1-10-6-4-5-7-11(10)13(20(2)3)14(21)16-9-8-12-17-15(22)19-18-12/h4-7,13H,8-9H2,1-3H3,(H,16,21)(H2,17,18,19,22)/t13-/m0/s1. The van der Waals surface area contributed by atoms with Gasteiger partial charge in [-0.3, -0.25) is 14.7 Å². The Morgan fingerprint density at radius 3 is 2.68 bits per heavy atom. The summed E-state index contributed by atoms with van der Waals surface area (Å²) in [7, 11) is 3.75. The van der Waals surface area contributed by atoms with Crippen molar-refractivity contribution in [1.29, 1.82) is 0 Å². The van der Waals surface area contributed by atoms with Gasteiger partial charge in [0.25, 0.3) is 0 Å². The minimum absolute atomic E-state index is 0.0721. The van der Waals surface area contributed by atoms with E-state index in [0.717, 1.165) is 11.1 Å². The molecule has 1 aromatic heterocycles. The van der Waals surface area contributed by atoms with Crippen molar-refractivity contribution in [3.8, 4) is 0 Å². The number of hydrogen-bond donors (Lipinski definition) is 3. The molecule has 0 aliphatic rings. The molecule has 7 heteroatoms. The molecule has 0 saturated carbocycles. The number of carbonyl (C=O) groups excluding carboxylic acids is 1. The predicted molar refractivity (Wildman–Crippen MR) is 83.5 cm³/mol. The lowest BCUT2D eigenvalue weighted by atomic mass is 10.00. The molecule has 0 unspecified atom stereocenters. The van der Waals surface area contributed by atoms with E-state index in [1.807, 2.05) is 50.2 Å². The Morgan fingerprint density at radius 1 is 1.36 bits per heavy atom. The van der Waals surface area contributed by atoms with Crippen LogP contribution in [0.5, 0.6) is 0 Å². The van der Waals surface area contributed by atoms with Gasteiger partial charge in [0.15, 0.2) is 0 Å². The Hall–Kier alpha value is -2.41. The fourth-order valence-electron chi connectivity index (χ4n) is 2.37. The van der Waals surface area contributed by atoms with Crippen molar-refractivity contribution in [2.24, 2.45) is 0 Å². The van der Waals surface area contributed by atoms with E-state index in [1.165, 1.54) is 0 Å². The van der Waals surface area contributed by atoms with E-state index in [2.05, 4.69) is 20.5 Å². The van der Waals surface area contributed by atoms with Gasteiger partial charge in [-0.25, -0.2) is 9.89 Å². The Kier molecular flexibility index (Phi) is 5.11. The minimum Gasteiger partial charge on any atom is -0.354 e. The number of aromatic amines is 2. The fraction of sp³-hybridized carbons (Fsp3) is 0.400. The van der Waals surface area contributed by atoms with Gasteiger partial charge in [0.05, 0.1) is 0 Å². The highest BCUT2D eigenvalue weighted by atomic mass is 16.2. The molecule has 3 N–H and O–H groups in total. The van der Waals surface area contributed by atoms with Gasteiger partial charge in [0.2, 0.25) is 5.91 Å². The average Bonchev–Trinajstić information content (AvgIpc) is 2.86. The van der Waals surface area contributed by atoms with Crippen LogP contribution in [-0.2, 0) is 11.2 Å². The Labute approximate surface area is 128 Å². The van der Waals surface area contributed by atoms with Gasteiger partial charge < -0.3 is 5.32 Å². The molecular weight excluding hydrogens is 282 g/mol. The van der Waals surface area contributed by atoms with Crippen LogP contribution < -0.4 is 11.0 Å². The van der Waals surface area contributed by atoms with Crippen LogP contribution in [0.3, 0.4) is 0 Å². The molecule has 22 heavy (non-hydrogen) atoms. The number of rotatable bonds is 6. The van der Waals surface area contributed by atoms with Crippen LogP contribution >= 0.6 is 0 Å². The zero-order chi connectivity index (χ0) is 16.1. The second-order valence-electron chi connectivity index (χ2n) is 5.39. The summed E-state index contributed by atoms with van der Waals surface area (Å²) in [6, 6.07) is 7.50. The van der Waals surface area contributed by atoms with Gasteiger partial charge in [0.1, 0.15) is 11.9 Å². The highest BCUT2D eigenvalue weighted by Gasteiger charge is 2.23. The van der Waals surface area contributed by atoms with Crippen LogP contribution in [0.2, 0.25) is 0 Å². The summed E-state index contributed by atoms with van der Waals surface area (Å²) >= 11 is 0. The van der Waals surface area contributed by atoms with Crippen molar-refractivity contribution in [3.05, 3.63) is 51.7 Å². The summed E-state index contributed by atoms with van der Waals surface area (Å²) in [6.45, 7) is 2.41. The van der Waals surface area contributed by atoms with Gasteiger partial charge in [-0.15, -0.1) is 0 Å². The number of aryl methyl sites for hydroxylation is 1. The third kappa shape index (κ3) is 3.82. The molecule has 1 amide bonds. The first kappa shape index (κ1) is 16.0. The SMILES string of the molecule is Cc1ccccc1[C@@H](C(=O)NCCc1n[nH]c(=O)[nH]1)N(C)C. The first-order valence-corrected chi connectivity index (χ1v) is 7.12. The number of nitrogens with zero attached hydrogens (tertiary/aromatic N) is 2. The third-order valence-corrected chi connectivity index (χ3v) is 3.46. The lowest BCUT2D eigenvalue weighted by Crippen LogP contribution is -2.38. The third-order valence-electron chi connectivity index (χ3n) is 3.46. The van der Waals surface area contributed by atoms with Crippen molar-refractivity contribution in [2.75, 3.05) is 20.6 Å². The van der Waals surface area contributed by atoms with Crippen molar-refractivity contribution in [1.82, 2.24) is 25.4 Å². The number of benzene rings is 1. The first-order chi connectivity index (χ1) is 10.5. The molecule has 7 nitrogen and oxygen atoms in total. The van der Waals surface area contributed by atoms with E-state index >= 15 is 0 Å². The van der Waals surface area contributed by atoms with Crippen LogP contribution in [0.1, 0.15) is 23.0 Å².